The third-order valence-corrected chi connectivity index (χ3v) is 32.4. The molecule has 0 fully saturated rings. The number of anilines is 3. The summed E-state index contributed by atoms with van der Waals surface area (Å²) in [4.78, 5) is 45.3. The van der Waals surface area contributed by atoms with Crippen LogP contribution in [0.1, 0.15) is 143 Å². The Bertz CT molecular complexity index is 4610. The molecule has 691 valence electrons. The van der Waals surface area contributed by atoms with Crippen molar-refractivity contribution >= 4 is 110 Å². The number of alkyl halides is 21. The molecule has 7 aromatic heterocycles. The number of nitrogens with one attached hydrogen (secondary N) is 2. The third kappa shape index (κ3) is 47.5. The van der Waals surface area contributed by atoms with Crippen molar-refractivity contribution in [3.05, 3.63) is 163 Å². The van der Waals surface area contributed by atoms with Crippen LogP contribution in [0, 0.1) is 55.4 Å². The number of thiol groups is 1. The fourth-order valence-electron chi connectivity index (χ4n) is 10.7. The SMILES string of the molecule is CC(=O)CC(C)=O.CCC[CH2][Sn]([CH2]CCC)([CH2]CCC)[c]1cncc(Cl)n1.CCO.Cc1cc(C)n(CC(F)(F)F)n1.Cc1nn(CC(F)(F)F)c(C)c1-c1cncc(Cl)n1.Cc1nn(CC(F)(F)F)c(C)c1-c1cncc(Nc2ccc(C(F)(F)F)cc2)n1.Cc1nn(CC(F)(F)F)c(C)c1Br.NNCC(F)(F)F.Nc1ccc(C(F)(F)F)cc1.[B]=NS. The molecule has 0 amide bonds. The summed E-state index contributed by atoms with van der Waals surface area (Å²) in [6.07, 6.45) is -12.8. The first-order valence-corrected chi connectivity index (χ1v) is 46.4. The van der Waals surface area contributed by atoms with E-state index in [0.29, 0.717) is 83.4 Å². The van der Waals surface area contributed by atoms with Gasteiger partial charge in [0.05, 0.1) is 86.7 Å². The number of benzene rings is 2. The van der Waals surface area contributed by atoms with Crippen LogP contribution in [0.3, 0.4) is 0 Å². The molecule has 0 unspecified atom stereocenters. The van der Waals surface area contributed by atoms with Crippen LogP contribution >= 0.6 is 51.9 Å². The van der Waals surface area contributed by atoms with E-state index in [2.05, 4.69) is 118 Å². The normalized spacial score (nSPS) is 11.5. The number of halogens is 24. The predicted molar refractivity (Wildman–Crippen MR) is 442 cm³/mol. The van der Waals surface area contributed by atoms with Crippen molar-refractivity contribution < 1.29 is 107 Å². The average Bonchev–Trinajstić information content (AvgIpc) is 1.58. The van der Waals surface area contributed by atoms with Crippen LogP contribution < -0.4 is 26.0 Å². The van der Waals surface area contributed by atoms with Gasteiger partial charge < -0.3 is 16.2 Å². The number of hydrogen-bond acceptors (Lipinski definition) is 19. The van der Waals surface area contributed by atoms with Crippen LogP contribution in [0.5, 0.6) is 0 Å². The van der Waals surface area contributed by atoms with Gasteiger partial charge in [0.1, 0.15) is 55.3 Å². The quantitative estimate of drug-likeness (QED) is 0.00741. The standard InChI is InChI=1S/C18H15F6N5.C11H10ClF3N4.C7H8BrF3N2.C7H9F3N2.C7H6F3N.C5H8O2.C4H2ClN2.3C4H9.C2H5F3N2.C2H6O.BHNS.Sn/c1-10-16(11(2)29(28-10)9-17(19,20)21)14-7-25-8-15(27-14)26-13-5-3-12(4-6-13)18(22,23)24;1-6-10(8-3-16-4-9(12)17-8)7(2)19(18-6)5-11(13,14)15;1-4-6(8)5(2)13(12-4)3-7(9,10)11;1-5-3-6(2)12(11-5)4-7(8,9)10;8-7(9,10)5-1-3-6(11)4-2-5;1-4(6)3-5(2)7;5-4-3-6-1-2-7-4;3*1-3-4-2;3-2(4,5)1-7-6;2*1-2-3;/h3-8H,9H2,1-2H3,(H,26,27);3-4H,5H2,1-2H3;3H2,1-2H3;3H,4H2,1-2H3;1-4H,11H2;3H2,1-2H3;1,3H;3*1,3-4H2,2H3;7H,1,6H2;3H,2H2,1H3;3H;. The van der Waals surface area contributed by atoms with Crippen LogP contribution in [0.2, 0.25) is 23.6 Å². The van der Waals surface area contributed by atoms with Gasteiger partial charge in [-0.3, -0.25) is 49.6 Å². The topological polar surface area (TPSA) is 291 Å². The van der Waals surface area contributed by atoms with Crippen LogP contribution in [-0.4, -0.2) is 156 Å². The maximum atomic E-state index is 12.7. The molecule has 0 saturated heterocycles. The van der Waals surface area contributed by atoms with E-state index in [1.165, 1.54) is 131 Å². The second-order valence-corrected chi connectivity index (χ2v) is 41.6. The maximum absolute atomic E-state index is 12.7. The van der Waals surface area contributed by atoms with E-state index in [0.717, 1.165) is 43.0 Å². The van der Waals surface area contributed by atoms with Crippen molar-refractivity contribution in [1.29, 1.82) is 0 Å². The molecule has 0 aliphatic rings. The Morgan fingerprint density at radius 1 is 0.524 bits per heavy atom. The Kier molecular flexibility index (Phi) is 51.3. The monoisotopic (exact) mass is 2020 g/mol. The van der Waals surface area contributed by atoms with Crippen molar-refractivity contribution in [2.45, 2.75) is 225 Å². The molecule has 0 saturated carbocycles. The molecule has 0 spiro atoms. The molecule has 0 bridgehead atoms. The number of nitrogens with two attached hydrogens (primary N) is 2. The first kappa shape index (κ1) is 116. The van der Waals surface area contributed by atoms with Gasteiger partial charge in [-0.25, -0.2) is 9.97 Å². The van der Waals surface area contributed by atoms with Gasteiger partial charge in [0.2, 0.25) is 0 Å². The van der Waals surface area contributed by atoms with Crippen LogP contribution in [0.25, 0.3) is 22.5 Å². The summed E-state index contributed by atoms with van der Waals surface area (Å²) in [6, 6.07) is 10.3. The Hall–Kier alpha value is -8.06. The third-order valence-electron chi connectivity index (χ3n) is 15.9. The van der Waals surface area contributed by atoms with Gasteiger partial charge in [-0.15, -0.1) is 0 Å². The molecule has 49 heteroatoms. The van der Waals surface area contributed by atoms with Gasteiger partial charge in [-0.2, -0.15) is 113 Å². The van der Waals surface area contributed by atoms with Crippen molar-refractivity contribution in [3.63, 3.8) is 0 Å². The minimum atomic E-state index is -4.44. The van der Waals surface area contributed by atoms with Gasteiger partial charge in [-0.05, 0) is 147 Å². The molecule has 22 nitrogen and oxygen atoms in total. The molecule has 2 aromatic carbocycles. The van der Waals surface area contributed by atoms with Gasteiger partial charge in [0.15, 0.2) is 0 Å². The summed E-state index contributed by atoms with van der Waals surface area (Å²) >= 11 is 15.8. The summed E-state index contributed by atoms with van der Waals surface area (Å²) in [5, 5.41) is 26.4. The van der Waals surface area contributed by atoms with Crippen LogP contribution in [0.4, 0.5) is 109 Å². The number of nitrogens with zero attached hydrogens (tertiary/aromatic N) is 15. The van der Waals surface area contributed by atoms with E-state index in [4.69, 9.17) is 39.0 Å². The number of carbonyl (C=O) groups is 2. The molecular weight excluding hydrogens is 1930 g/mol. The molecule has 7 N–H and O–H groups in total. The zero-order valence-electron chi connectivity index (χ0n) is 69.7. The summed E-state index contributed by atoms with van der Waals surface area (Å²) in [5.41, 5.74) is 11.2. The Morgan fingerprint density at radius 3 is 1.19 bits per heavy atom. The van der Waals surface area contributed by atoms with E-state index >= 15 is 0 Å². The second kappa shape index (κ2) is 54.9. The summed E-state index contributed by atoms with van der Waals surface area (Å²) in [7, 11) is 4.34. The Labute approximate surface area is 732 Å². The zero-order valence-corrected chi connectivity index (χ0v) is 76.5. The molecule has 7 heterocycles. The number of rotatable bonds is 21. The number of aryl methyl sites for hydroxylation is 5. The van der Waals surface area contributed by atoms with Crippen molar-refractivity contribution in [3.8, 4) is 22.5 Å². The summed E-state index contributed by atoms with van der Waals surface area (Å²) < 4.78 is 266. The van der Waals surface area contributed by atoms with E-state index in [-0.39, 0.29) is 41.3 Å². The molecule has 124 heavy (non-hydrogen) atoms. The molecule has 9 rings (SSSR count). The fraction of sp³-hybridized carbons (Fsp3) is 0.493. The van der Waals surface area contributed by atoms with Gasteiger partial charge in [0.25, 0.3) is 0 Å². The van der Waals surface area contributed by atoms with E-state index in [9.17, 15) is 102 Å². The number of aromatic nitrogens is 14. The predicted octanol–water partition coefficient (Wildman–Crippen LogP) is 21.6. The Morgan fingerprint density at radius 2 is 0.879 bits per heavy atom. The number of nitrogen functional groups attached to an aromatic ring is 1. The number of ketones is 2. The number of hydrazine groups is 1. The number of aliphatic hydroxyl groups is 1. The zero-order chi connectivity index (χ0) is 95.7. The van der Waals surface area contributed by atoms with Crippen molar-refractivity contribution in [2.24, 2.45) is 10.1 Å². The summed E-state index contributed by atoms with van der Waals surface area (Å²) in [6.45, 7) is 18.8. The number of hydrogen-bond donors (Lipinski definition) is 6. The number of unbranched alkanes of at least 4 members (excludes halogenated alkanes) is 3. The van der Waals surface area contributed by atoms with Crippen LogP contribution in [0.15, 0.2) is 101 Å². The Balaban J connectivity index is 0.00000143. The number of carbonyl (C=O) groups excluding carboxylic acids is 2. The van der Waals surface area contributed by atoms with Crippen molar-refractivity contribution in [1.82, 2.24) is 74.5 Å². The fourth-order valence-corrected chi connectivity index (χ4v) is 26.7. The molecule has 1 radical (unpaired) electrons. The van der Waals surface area contributed by atoms with Gasteiger partial charge in [-0.1, -0.05) is 11.6 Å². The van der Waals surface area contributed by atoms with Gasteiger partial charge in [0, 0.05) is 46.2 Å². The van der Waals surface area contributed by atoms with E-state index in [1.54, 1.807) is 67.7 Å². The first-order valence-electron chi connectivity index (χ1n) is 37.0. The molecule has 9 aromatic rings. The van der Waals surface area contributed by atoms with Gasteiger partial charge >= 0.3 is 202 Å². The van der Waals surface area contributed by atoms with Crippen molar-refractivity contribution in [2.75, 3.05) is 24.2 Å². The minimum absolute atomic E-state index is 0.0625. The van der Waals surface area contributed by atoms with Crippen LogP contribution in [-0.2, 0) is 48.1 Å². The molecule has 0 aliphatic heterocycles. The van der Waals surface area contributed by atoms with E-state index in [1.807, 2.05) is 6.20 Å². The number of aliphatic hydroxyl groups excluding tert-OH is 1. The first-order chi connectivity index (χ1) is 57.1. The molecule has 0 aliphatic carbocycles. The molecular formula is C75H97BBrCl2F21N19O3SSn. The van der Waals surface area contributed by atoms with E-state index < -0.39 is 105 Å². The molecule has 0 atom stereocenters. The number of Topliss-reactive ketones (excluding diaryl/α,β-unsaturated/α-hetero) is 2. The second-order valence-electron chi connectivity index (χ2n) is 26.8. The summed E-state index contributed by atoms with van der Waals surface area (Å²) in [5.74, 6) is 4.45. The average molecular weight is 2020 g/mol.